The summed E-state index contributed by atoms with van der Waals surface area (Å²) >= 11 is 0. The second kappa shape index (κ2) is 13.2. The predicted molar refractivity (Wildman–Crippen MR) is 104 cm³/mol. The first-order valence-electron chi connectivity index (χ1n) is 7.57. The van der Waals surface area contributed by atoms with Crippen molar-refractivity contribution in [3.05, 3.63) is 23.8 Å². The largest absolute Gasteiger partial charge is 0.493 e. The minimum absolute atomic E-state index is 0. The van der Waals surface area contributed by atoms with E-state index in [9.17, 15) is 0 Å². The van der Waals surface area contributed by atoms with Gasteiger partial charge in [0.1, 0.15) is 0 Å². The number of ether oxygens (including phenoxy) is 3. The Bertz CT molecular complexity index is 470. The highest BCUT2D eigenvalue weighted by Crippen LogP contribution is 2.27. The van der Waals surface area contributed by atoms with Gasteiger partial charge in [-0.2, -0.15) is 0 Å². The molecule has 23 heavy (non-hydrogen) atoms. The van der Waals surface area contributed by atoms with Crippen LogP contribution in [0.2, 0.25) is 0 Å². The number of nitrogens with one attached hydrogen (secondary N) is 2. The number of guanidine groups is 1. The van der Waals surface area contributed by atoms with Crippen molar-refractivity contribution in [2.24, 2.45) is 4.99 Å². The summed E-state index contributed by atoms with van der Waals surface area (Å²) < 4.78 is 16.1. The lowest BCUT2D eigenvalue weighted by Gasteiger charge is -2.14. The fourth-order valence-corrected chi connectivity index (χ4v) is 1.89. The molecule has 132 valence electrons. The highest BCUT2D eigenvalue weighted by atomic mass is 127. The molecule has 0 bridgehead atoms. The van der Waals surface area contributed by atoms with Gasteiger partial charge in [-0.15, -0.1) is 24.0 Å². The summed E-state index contributed by atoms with van der Waals surface area (Å²) in [7, 11) is 3.38. The molecule has 1 rings (SSSR count). The number of aliphatic imine (C=N–C) groups is 1. The van der Waals surface area contributed by atoms with E-state index in [-0.39, 0.29) is 24.0 Å². The maximum absolute atomic E-state index is 5.58. The third-order valence-corrected chi connectivity index (χ3v) is 2.95. The maximum Gasteiger partial charge on any atom is 0.191 e. The number of nitrogens with zero attached hydrogens (tertiary/aromatic N) is 1. The average Bonchev–Trinajstić information content (AvgIpc) is 2.55. The molecule has 0 aromatic heterocycles. The summed E-state index contributed by atoms with van der Waals surface area (Å²) in [5.41, 5.74) is 1.09. The lowest BCUT2D eigenvalue weighted by molar-refractivity contribution is 0.152. The maximum atomic E-state index is 5.58. The number of hydrogen-bond acceptors (Lipinski definition) is 4. The molecule has 0 aliphatic carbocycles. The first kappa shape index (κ1) is 21.8. The fourth-order valence-electron chi connectivity index (χ4n) is 1.89. The van der Waals surface area contributed by atoms with Crippen LogP contribution in [0.4, 0.5) is 0 Å². The van der Waals surface area contributed by atoms with Crippen LogP contribution < -0.4 is 20.1 Å². The predicted octanol–water partition coefficient (Wildman–Crippen LogP) is 2.41. The van der Waals surface area contributed by atoms with Crippen molar-refractivity contribution < 1.29 is 14.2 Å². The molecule has 7 heteroatoms. The Labute approximate surface area is 156 Å². The average molecular weight is 437 g/mol. The Morgan fingerprint density at radius 1 is 1.13 bits per heavy atom. The Balaban J connectivity index is 0.00000484. The van der Waals surface area contributed by atoms with E-state index >= 15 is 0 Å². The second-order valence-electron chi connectivity index (χ2n) is 4.47. The lowest BCUT2D eigenvalue weighted by atomic mass is 10.2. The van der Waals surface area contributed by atoms with Crippen LogP contribution in [0, 0.1) is 0 Å². The van der Waals surface area contributed by atoms with Crippen molar-refractivity contribution in [3.8, 4) is 11.5 Å². The van der Waals surface area contributed by atoms with E-state index in [0.717, 1.165) is 36.2 Å². The molecule has 0 radical (unpaired) electrons. The van der Waals surface area contributed by atoms with Crippen molar-refractivity contribution >= 4 is 29.9 Å². The Morgan fingerprint density at radius 2 is 1.91 bits per heavy atom. The van der Waals surface area contributed by atoms with E-state index in [1.807, 2.05) is 32.0 Å². The third-order valence-electron chi connectivity index (χ3n) is 2.95. The molecule has 0 aliphatic rings. The van der Waals surface area contributed by atoms with Crippen LogP contribution in [0.5, 0.6) is 11.5 Å². The van der Waals surface area contributed by atoms with Crippen LogP contribution in [-0.4, -0.2) is 46.5 Å². The molecule has 6 nitrogen and oxygen atoms in total. The number of benzene rings is 1. The van der Waals surface area contributed by atoms with Gasteiger partial charge in [-0.3, -0.25) is 4.99 Å². The standard InChI is InChI=1S/C16H27N3O3.HI/c1-5-21-10-9-18-16(17-3)19-12-13-7-8-14(20-4)15(11-13)22-6-2;/h7-8,11H,5-6,9-10,12H2,1-4H3,(H2,17,18,19);1H. The highest BCUT2D eigenvalue weighted by molar-refractivity contribution is 14.0. The monoisotopic (exact) mass is 437 g/mol. The summed E-state index contributed by atoms with van der Waals surface area (Å²) in [4.78, 5) is 4.18. The molecule has 0 heterocycles. The molecule has 0 saturated heterocycles. The van der Waals surface area contributed by atoms with Crippen molar-refractivity contribution in [2.45, 2.75) is 20.4 Å². The van der Waals surface area contributed by atoms with Crippen LogP contribution in [-0.2, 0) is 11.3 Å². The summed E-state index contributed by atoms with van der Waals surface area (Å²) in [5.74, 6) is 2.24. The molecule has 0 aliphatic heterocycles. The van der Waals surface area contributed by atoms with E-state index in [2.05, 4.69) is 15.6 Å². The summed E-state index contributed by atoms with van der Waals surface area (Å²) in [6.07, 6.45) is 0. The van der Waals surface area contributed by atoms with Crippen LogP contribution in [0.25, 0.3) is 0 Å². The molecule has 0 fully saturated rings. The van der Waals surface area contributed by atoms with Gasteiger partial charge in [0.05, 0.1) is 20.3 Å². The van der Waals surface area contributed by atoms with Crippen molar-refractivity contribution in [1.29, 1.82) is 0 Å². The molecule has 0 atom stereocenters. The van der Waals surface area contributed by atoms with Crippen molar-refractivity contribution in [3.63, 3.8) is 0 Å². The third kappa shape index (κ3) is 8.26. The number of rotatable bonds is 9. The van der Waals surface area contributed by atoms with Gasteiger partial charge in [-0.05, 0) is 31.5 Å². The summed E-state index contributed by atoms with van der Waals surface area (Å²) in [6.45, 7) is 7.29. The zero-order valence-electron chi connectivity index (χ0n) is 14.3. The first-order valence-corrected chi connectivity index (χ1v) is 7.57. The quantitative estimate of drug-likeness (QED) is 0.269. The van der Waals surface area contributed by atoms with Crippen LogP contribution in [0.1, 0.15) is 19.4 Å². The minimum Gasteiger partial charge on any atom is -0.493 e. The molecular weight excluding hydrogens is 409 g/mol. The van der Waals surface area contributed by atoms with E-state index in [1.54, 1.807) is 14.2 Å². The Hall–Kier alpha value is -1.22. The van der Waals surface area contributed by atoms with Crippen molar-refractivity contribution in [2.75, 3.05) is 40.5 Å². The molecular formula is C16H28IN3O3. The van der Waals surface area contributed by atoms with Crippen molar-refractivity contribution in [1.82, 2.24) is 10.6 Å². The summed E-state index contributed by atoms with van der Waals surface area (Å²) in [6, 6.07) is 5.89. The molecule has 1 aromatic carbocycles. The van der Waals surface area contributed by atoms with E-state index in [4.69, 9.17) is 14.2 Å². The number of halogens is 1. The van der Waals surface area contributed by atoms with Gasteiger partial charge in [-0.25, -0.2) is 0 Å². The second-order valence-corrected chi connectivity index (χ2v) is 4.47. The van der Waals surface area contributed by atoms with E-state index in [1.165, 1.54) is 0 Å². The van der Waals surface area contributed by atoms with Crippen LogP contribution in [0.3, 0.4) is 0 Å². The van der Waals surface area contributed by atoms with Gasteiger partial charge in [0.15, 0.2) is 17.5 Å². The Morgan fingerprint density at radius 3 is 2.52 bits per heavy atom. The zero-order chi connectivity index (χ0) is 16.2. The molecule has 1 aromatic rings. The lowest BCUT2D eigenvalue weighted by Crippen LogP contribution is -2.38. The highest BCUT2D eigenvalue weighted by Gasteiger charge is 2.06. The van der Waals surface area contributed by atoms with Crippen LogP contribution >= 0.6 is 24.0 Å². The van der Waals surface area contributed by atoms with Gasteiger partial charge < -0.3 is 24.8 Å². The Kier molecular flexibility index (Phi) is 12.5. The minimum atomic E-state index is 0. The SMILES string of the molecule is CCOCCNC(=NC)NCc1ccc(OC)c(OCC)c1.I. The van der Waals surface area contributed by atoms with Gasteiger partial charge in [0.2, 0.25) is 0 Å². The first-order chi connectivity index (χ1) is 10.7. The zero-order valence-corrected chi connectivity index (χ0v) is 16.7. The number of hydrogen-bond donors (Lipinski definition) is 2. The van der Waals surface area contributed by atoms with Gasteiger partial charge in [-0.1, -0.05) is 6.07 Å². The normalized spacial score (nSPS) is 10.7. The van der Waals surface area contributed by atoms with Gasteiger partial charge >= 0.3 is 0 Å². The smallest absolute Gasteiger partial charge is 0.191 e. The fraction of sp³-hybridized carbons (Fsp3) is 0.562. The topological polar surface area (TPSA) is 64.1 Å². The molecule has 0 amide bonds. The van der Waals surface area contributed by atoms with E-state index in [0.29, 0.717) is 19.8 Å². The van der Waals surface area contributed by atoms with Gasteiger partial charge in [0.25, 0.3) is 0 Å². The molecule has 0 unspecified atom stereocenters. The molecule has 0 spiro atoms. The van der Waals surface area contributed by atoms with Gasteiger partial charge in [0, 0.05) is 26.7 Å². The molecule has 0 saturated carbocycles. The van der Waals surface area contributed by atoms with Crippen LogP contribution in [0.15, 0.2) is 23.2 Å². The molecule has 2 N–H and O–H groups in total. The van der Waals surface area contributed by atoms with E-state index < -0.39 is 0 Å². The summed E-state index contributed by atoms with van der Waals surface area (Å²) in [5, 5.41) is 6.45. The number of methoxy groups -OCH3 is 1.